The molecular weight excluding hydrogens is 124 g/mol. The van der Waals surface area contributed by atoms with Crippen molar-refractivity contribution >= 4 is 0 Å². The van der Waals surface area contributed by atoms with Gasteiger partial charge in [0.1, 0.15) is 0 Å². The van der Waals surface area contributed by atoms with E-state index in [0.29, 0.717) is 5.92 Å². The van der Waals surface area contributed by atoms with E-state index in [1.54, 1.807) is 0 Å². The van der Waals surface area contributed by atoms with Crippen LogP contribution in [0.15, 0.2) is 12.7 Å². The van der Waals surface area contributed by atoms with Crippen molar-refractivity contribution in [2.24, 2.45) is 11.7 Å². The fourth-order valence-electron chi connectivity index (χ4n) is 1.45. The zero-order valence-corrected chi connectivity index (χ0v) is 6.56. The Labute approximate surface area is 62.5 Å². The van der Waals surface area contributed by atoms with Gasteiger partial charge in [-0.15, -0.1) is 6.58 Å². The second-order valence-corrected chi connectivity index (χ2v) is 3.48. The number of rotatable bonds is 1. The first-order chi connectivity index (χ1) is 4.64. The molecule has 0 saturated carbocycles. The summed E-state index contributed by atoms with van der Waals surface area (Å²) in [5, 5.41) is 3.28. The molecule has 0 aliphatic carbocycles. The standard InChI is InChI=1S/C8H16N2/c1-3-7-4-8(2,9)6-10-5-7/h3,7,10H,1,4-6,9H2,2H3/t7-,8+/m0/s1. The van der Waals surface area contributed by atoms with E-state index in [0.717, 1.165) is 19.5 Å². The van der Waals surface area contributed by atoms with Crippen LogP contribution in [0.5, 0.6) is 0 Å². The smallest absolute Gasteiger partial charge is 0.0258 e. The van der Waals surface area contributed by atoms with Crippen LogP contribution in [0.3, 0.4) is 0 Å². The highest BCUT2D eigenvalue weighted by molar-refractivity contribution is 4.95. The van der Waals surface area contributed by atoms with Gasteiger partial charge in [0.2, 0.25) is 0 Å². The van der Waals surface area contributed by atoms with Crippen LogP contribution < -0.4 is 11.1 Å². The van der Waals surface area contributed by atoms with Crippen molar-refractivity contribution in [1.82, 2.24) is 5.32 Å². The highest BCUT2D eigenvalue weighted by Crippen LogP contribution is 2.17. The van der Waals surface area contributed by atoms with Crippen LogP contribution in [-0.2, 0) is 0 Å². The molecule has 0 radical (unpaired) electrons. The summed E-state index contributed by atoms with van der Waals surface area (Å²) in [6, 6.07) is 0. The fourth-order valence-corrected chi connectivity index (χ4v) is 1.45. The Balaban J connectivity index is 2.47. The normalized spacial score (nSPS) is 41.2. The van der Waals surface area contributed by atoms with E-state index < -0.39 is 0 Å². The molecule has 0 aromatic carbocycles. The Morgan fingerprint density at radius 3 is 2.90 bits per heavy atom. The van der Waals surface area contributed by atoms with Gasteiger partial charge in [0.05, 0.1) is 0 Å². The van der Waals surface area contributed by atoms with Gasteiger partial charge in [0.25, 0.3) is 0 Å². The maximum Gasteiger partial charge on any atom is 0.0258 e. The third-order valence-corrected chi connectivity index (χ3v) is 2.00. The van der Waals surface area contributed by atoms with Gasteiger partial charge in [0, 0.05) is 18.6 Å². The number of nitrogens with two attached hydrogens (primary N) is 1. The summed E-state index contributed by atoms with van der Waals surface area (Å²) >= 11 is 0. The maximum absolute atomic E-state index is 5.93. The van der Waals surface area contributed by atoms with Crippen molar-refractivity contribution in [3.8, 4) is 0 Å². The average Bonchev–Trinajstić information content (AvgIpc) is 1.86. The minimum absolute atomic E-state index is 0.0306. The van der Waals surface area contributed by atoms with E-state index in [2.05, 4.69) is 18.8 Å². The van der Waals surface area contributed by atoms with Gasteiger partial charge >= 0.3 is 0 Å². The SMILES string of the molecule is C=C[C@@H]1CNC[C@](C)(N)C1. The van der Waals surface area contributed by atoms with E-state index in [9.17, 15) is 0 Å². The molecule has 58 valence electrons. The van der Waals surface area contributed by atoms with E-state index in [1.807, 2.05) is 6.08 Å². The summed E-state index contributed by atoms with van der Waals surface area (Å²) in [6.45, 7) is 7.80. The first kappa shape index (κ1) is 7.76. The first-order valence-electron chi connectivity index (χ1n) is 3.76. The summed E-state index contributed by atoms with van der Waals surface area (Å²) in [6.07, 6.45) is 3.04. The van der Waals surface area contributed by atoms with Crippen LogP contribution in [0, 0.1) is 5.92 Å². The van der Waals surface area contributed by atoms with Crippen LogP contribution in [-0.4, -0.2) is 18.6 Å². The van der Waals surface area contributed by atoms with Crippen molar-refractivity contribution in [3.05, 3.63) is 12.7 Å². The molecular formula is C8H16N2. The molecule has 1 rings (SSSR count). The van der Waals surface area contributed by atoms with Crippen LogP contribution in [0.1, 0.15) is 13.3 Å². The third kappa shape index (κ3) is 1.82. The van der Waals surface area contributed by atoms with E-state index in [4.69, 9.17) is 5.73 Å². The number of hydrogen-bond acceptors (Lipinski definition) is 2. The lowest BCUT2D eigenvalue weighted by molar-refractivity contribution is 0.295. The lowest BCUT2D eigenvalue weighted by Crippen LogP contribution is -2.53. The molecule has 1 aliphatic heterocycles. The highest BCUT2D eigenvalue weighted by atomic mass is 15.0. The molecule has 3 N–H and O–H groups in total. The predicted octanol–water partition coefficient (Wildman–Crippen LogP) is 0.499. The van der Waals surface area contributed by atoms with Crippen molar-refractivity contribution in [2.45, 2.75) is 18.9 Å². The molecule has 1 heterocycles. The van der Waals surface area contributed by atoms with E-state index in [-0.39, 0.29) is 5.54 Å². The summed E-state index contributed by atoms with van der Waals surface area (Å²) in [5.41, 5.74) is 5.90. The Morgan fingerprint density at radius 2 is 2.50 bits per heavy atom. The van der Waals surface area contributed by atoms with Gasteiger partial charge in [-0.25, -0.2) is 0 Å². The molecule has 0 unspecified atom stereocenters. The van der Waals surface area contributed by atoms with Crippen molar-refractivity contribution in [1.29, 1.82) is 0 Å². The molecule has 2 atom stereocenters. The molecule has 1 fully saturated rings. The zero-order valence-electron chi connectivity index (χ0n) is 6.56. The molecule has 0 amide bonds. The van der Waals surface area contributed by atoms with Gasteiger partial charge in [-0.2, -0.15) is 0 Å². The second kappa shape index (κ2) is 2.72. The monoisotopic (exact) mass is 140 g/mol. The lowest BCUT2D eigenvalue weighted by atomic mass is 9.86. The molecule has 2 heteroatoms. The fraction of sp³-hybridized carbons (Fsp3) is 0.750. The summed E-state index contributed by atoms with van der Waals surface area (Å²) in [5.74, 6) is 0.559. The Bertz CT molecular complexity index is 129. The predicted molar refractivity (Wildman–Crippen MR) is 43.8 cm³/mol. The highest BCUT2D eigenvalue weighted by Gasteiger charge is 2.26. The second-order valence-electron chi connectivity index (χ2n) is 3.48. The molecule has 2 nitrogen and oxygen atoms in total. The molecule has 0 aromatic rings. The van der Waals surface area contributed by atoms with Gasteiger partial charge in [-0.3, -0.25) is 0 Å². The van der Waals surface area contributed by atoms with E-state index >= 15 is 0 Å². The summed E-state index contributed by atoms with van der Waals surface area (Å²) in [7, 11) is 0. The van der Waals surface area contributed by atoms with Gasteiger partial charge < -0.3 is 11.1 Å². The van der Waals surface area contributed by atoms with Crippen LogP contribution in [0.4, 0.5) is 0 Å². The molecule has 1 aliphatic rings. The molecule has 0 aromatic heterocycles. The van der Waals surface area contributed by atoms with Crippen molar-refractivity contribution in [3.63, 3.8) is 0 Å². The number of piperidine rings is 1. The Kier molecular flexibility index (Phi) is 2.11. The molecule has 10 heavy (non-hydrogen) atoms. The first-order valence-corrected chi connectivity index (χ1v) is 3.76. The largest absolute Gasteiger partial charge is 0.324 e. The summed E-state index contributed by atoms with van der Waals surface area (Å²) < 4.78 is 0. The minimum atomic E-state index is -0.0306. The van der Waals surface area contributed by atoms with Crippen LogP contribution in [0.25, 0.3) is 0 Å². The van der Waals surface area contributed by atoms with E-state index in [1.165, 1.54) is 0 Å². The summed E-state index contributed by atoms with van der Waals surface area (Å²) in [4.78, 5) is 0. The van der Waals surface area contributed by atoms with Crippen LogP contribution >= 0.6 is 0 Å². The molecule has 0 bridgehead atoms. The number of hydrogen-bond donors (Lipinski definition) is 2. The molecule has 0 spiro atoms. The average molecular weight is 140 g/mol. The lowest BCUT2D eigenvalue weighted by Gasteiger charge is -2.34. The third-order valence-electron chi connectivity index (χ3n) is 2.00. The minimum Gasteiger partial charge on any atom is -0.324 e. The van der Waals surface area contributed by atoms with Gasteiger partial charge in [-0.05, 0) is 19.3 Å². The number of nitrogens with one attached hydrogen (secondary N) is 1. The van der Waals surface area contributed by atoms with Crippen LogP contribution in [0.2, 0.25) is 0 Å². The van der Waals surface area contributed by atoms with Crippen molar-refractivity contribution < 1.29 is 0 Å². The van der Waals surface area contributed by atoms with Crippen molar-refractivity contribution in [2.75, 3.05) is 13.1 Å². The van der Waals surface area contributed by atoms with Gasteiger partial charge in [-0.1, -0.05) is 6.08 Å². The van der Waals surface area contributed by atoms with Gasteiger partial charge in [0.15, 0.2) is 0 Å². The topological polar surface area (TPSA) is 38.0 Å². The Hall–Kier alpha value is -0.340. The zero-order chi connectivity index (χ0) is 7.61. The maximum atomic E-state index is 5.93. The molecule has 1 saturated heterocycles. The quantitative estimate of drug-likeness (QED) is 0.520. The Morgan fingerprint density at radius 1 is 1.80 bits per heavy atom.